The lowest BCUT2D eigenvalue weighted by atomic mass is 10.0. The quantitative estimate of drug-likeness (QED) is 0.381. The van der Waals surface area contributed by atoms with Crippen LogP contribution in [0.4, 0.5) is 0 Å². The number of ether oxygens (including phenoxy) is 2. The van der Waals surface area contributed by atoms with E-state index in [1.165, 1.54) is 18.6 Å². The van der Waals surface area contributed by atoms with Crippen LogP contribution in [0.25, 0.3) is 11.1 Å². The van der Waals surface area contributed by atoms with Crippen LogP contribution in [0.3, 0.4) is 0 Å². The Morgan fingerprint density at radius 2 is 1.76 bits per heavy atom. The summed E-state index contributed by atoms with van der Waals surface area (Å²) in [4.78, 5) is 0. The molecule has 25 heavy (non-hydrogen) atoms. The summed E-state index contributed by atoms with van der Waals surface area (Å²) in [7, 11) is 0.477. The summed E-state index contributed by atoms with van der Waals surface area (Å²) in [6.07, 6.45) is 4.92. The molecule has 0 amide bonds. The third kappa shape index (κ3) is 7.31. The van der Waals surface area contributed by atoms with Crippen LogP contribution in [0.1, 0.15) is 19.8 Å². The predicted octanol–water partition coefficient (Wildman–Crippen LogP) is 5.45. The van der Waals surface area contributed by atoms with Gasteiger partial charge < -0.3 is 9.47 Å². The Bertz CT molecular complexity index is 619. The van der Waals surface area contributed by atoms with Crippen LogP contribution >= 0.6 is 11.6 Å². The van der Waals surface area contributed by atoms with Crippen molar-refractivity contribution in [2.75, 3.05) is 37.6 Å². The molecule has 1 atom stereocenters. The van der Waals surface area contributed by atoms with Gasteiger partial charge in [-0.1, -0.05) is 55.3 Å². The summed E-state index contributed by atoms with van der Waals surface area (Å²) in [5.41, 5.74) is 2.12. The number of benzene rings is 2. The fourth-order valence-corrected chi connectivity index (χ4v) is 4.04. The van der Waals surface area contributed by atoms with Crippen LogP contribution in [0.5, 0.6) is 5.75 Å². The number of hydrogen-bond acceptors (Lipinski definition) is 2. The molecule has 0 N–H and O–H groups in total. The molecule has 0 aliphatic rings. The molecule has 2 aromatic rings. The average Bonchev–Trinajstić information content (AvgIpc) is 2.64. The Morgan fingerprint density at radius 3 is 2.52 bits per heavy atom. The molecule has 1 unspecified atom stereocenters. The summed E-state index contributed by atoms with van der Waals surface area (Å²) in [6, 6.07) is 15.9. The minimum Gasteiger partial charge on any atom is -0.491 e. The van der Waals surface area contributed by atoms with Gasteiger partial charge in [-0.2, -0.15) is 0 Å². The number of halogens is 1. The molecule has 0 fully saturated rings. The van der Waals surface area contributed by atoms with Crippen LogP contribution in [-0.4, -0.2) is 37.6 Å². The maximum absolute atomic E-state index is 6.16. The molecule has 2 aromatic carbocycles. The van der Waals surface area contributed by atoms with Gasteiger partial charge >= 0.3 is 0 Å². The van der Waals surface area contributed by atoms with Gasteiger partial charge in [0.2, 0.25) is 0 Å². The normalized spacial score (nSPS) is 12.1. The largest absolute Gasteiger partial charge is 0.491 e. The maximum atomic E-state index is 6.16. The highest BCUT2D eigenvalue weighted by molar-refractivity contribution is 7.96. The molecule has 0 saturated carbocycles. The summed E-state index contributed by atoms with van der Waals surface area (Å²) < 4.78 is 11.7. The van der Waals surface area contributed by atoms with Crippen molar-refractivity contribution in [1.82, 2.24) is 0 Å². The lowest BCUT2D eigenvalue weighted by Crippen LogP contribution is -2.16. The first-order valence-electron chi connectivity index (χ1n) is 8.85. The lowest BCUT2D eigenvalue weighted by Gasteiger charge is -2.12. The highest BCUT2D eigenvalue weighted by atomic mass is 35.5. The van der Waals surface area contributed by atoms with E-state index in [1.54, 1.807) is 0 Å². The molecule has 0 aliphatic carbocycles. The van der Waals surface area contributed by atoms with Gasteiger partial charge in [0.25, 0.3) is 0 Å². The Hall–Kier alpha value is -1.16. The first kappa shape index (κ1) is 20.2. The molecule has 2 rings (SSSR count). The van der Waals surface area contributed by atoms with Crippen molar-refractivity contribution in [3.05, 3.63) is 53.6 Å². The van der Waals surface area contributed by atoms with Gasteiger partial charge in [-0.3, -0.25) is 0 Å². The van der Waals surface area contributed by atoms with Crippen LogP contribution < -0.4 is 4.74 Å². The van der Waals surface area contributed by atoms with Gasteiger partial charge in [0, 0.05) is 10.6 Å². The highest BCUT2D eigenvalue weighted by Gasteiger charge is 2.10. The SMILES string of the molecule is CCCC[S+](C)CCOCCOc1ccc(Cl)cc1-c1ccccc1. The number of unbranched alkanes of at least 4 members (excludes halogenated alkanes) is 1. The molecular formula is C21H28ClO2S+. The van der Waals surface area contributed by atoms with E-state index in [0.717, 1.165) is 29.2 Å². The van der Waals surface area contributed by atoms with Gasteiger partial charge in [0.1, 0.15) is 23.9 Å². The smallest absolute Gasteiger partial charge is 0.131 e. The minimum atomic E-state index is 0.477. The van der Waals surface area contributed by atoms with Crippen LogP contribution in [0.15, 0.2) is 48.5 Å². The first-order valence-corrected chi connectivity index (χ1v) is 11.2. The fourth-order valence-electron chi connectivity index (χ4n) is 2.48. The van der Waals surface area contributed by atoms with Gasteiger partial charge in [0.05, 0.1) is 19.5 Å². The monoisotopic (exact) mass is 379 g/mol. The minimum absolute atomic E-state index is 0.477. The van der Waals surface area contributed by atoms with Crippen LogP contribution in [0, 0.1) is 0 Å². The molecule has 4 heteroatoms. The Balaban J connectivity index is 1.78. The van der Waals surface area contributed by atoms with Gasteiger partial charge in [-0.25, -0.2) is 0 Å². The molecule has 0 aromatic heterocycles. The molecule has 0 radical (unpaired) electrons. The molecule has 2 nitrogen and oxygen atoms in total. The topological polar surface area (TPSA) is 18.5 Å². The lowest BCUT2D eigenvalue weighted by molar-refractivity contribution is 0.112. The summed E-state index contributed by atoms with van der Waals surface area (Å²) in [5, 5.41) is 0.713. The zero-order valence-corrected chi connectivity index (χ0v) is 16.7. The predicted molar refractivity (Wildman–Crippen MR) is 111 cm³/mol. The van der Waals surface area contributed by atoms with Gasteiger partial charge in [-0.15, -0.1) is 0 Å². The van der Waals surface area contributed by atoms with Crippen LogP contribution in [-0.2, 0) is 15.6 Å². The molecule has 136 valence electrons. The zero-order chi connectivity index (χ0) is 17.9. The van der Waals surface area contributed by atoms with Gasteiger partial charge in [-0.05, 0) is 41.1 Å². The van der Waals surface area contributed by atoms with Crippen molar-refractivity contribution in [3.8, 4) is 16.9 Å². The molecular weight excluding hydrogens is 352 g/mol. The summed E-state index contributed by atoms with van der Waals surface area (Å²) in [6.45, 7) is 4.22. The summed E-state index contributed by atoms with van der Waals surface area (Å²) in [5.74, 6) is 3.31. The van der Waals surface area contributed by atoms with E-state index < -0.39 is 0 Å². The Labute approximate surface area is 159 Å². The zero-order valence-electron chi connectivity index (χ0n) is 15.2. The van der Waals surface area contributed by atoms with Crippen LogP contribution in [0.2, 0.25) is 5.02 Å². The van der Waals surface area contributed by atoms with E-state index in [4.69, 9.17) is 21.1 Å². The standard InChI is InChI=1S/C21H28ClO2S/c1-3-4-15-25(2)16-14-23-12-13-24-21-11-10-19(22)17-20(21)18-8-6-5-7-9-18/h5-11,17H,3-4,12-16H2,1-2H3/q+1. The molecule has 0 saturated heterocycles. The summed E-state index contributed by atoms with van der Waals surface area (Å²) >= 11 is 6.16. The van der Waals surface area contributed by atoms with Gasteiger partial charge in [0.15, 0.2) is 0 Å². The van der Waals surface area contributed by atoms with Crippen molar-refractivity contribution >= 4 is 22.5 Å². The van der Waals surface area contributed by atoms with Crippen molar-refractivity contribution in [1.29, 1.82) is 0 Å². The Kier molecular flexibility index (Phi) is 9.23. The number of rotatable bonds is 11. The fraction of sp³-hybridized carbons (Fsp3) is 0.429. The van der Waals surface area contributed by atoms with Crippen molar-refractivity contribution in [2.45, 2.75) is 19.8 Å². The Morgan fingerprint density at radius 1 is 0.960 bits per heavy atom. The molecule has 0 heterocycles. The van der Waals surface area contributed by atoms with Crippen molar-refractivity contribution in [3.63, 3.8) is 0 Å². The second-order valence-corrected chi connectivity index (χ2v) is 8.83. The van der Waals surface area contributed by atoms with Crippen molar-refractivity contribution < 1.29 is 9.47 Å². The van der Waals surface area contributed by atoms with Crippen molar-refractivity contribution in [2.24, 2.45) is 0 Å². The average molecular weight is 380 g/mol. The molecule has 0 spiro atoms. The molecule has 0 bridgehead atoms. The third-order valence-corrected chi connectivity index (χ3v) is 6.02. The van der Waals surface area contributed by atoms with E-state index >= 15 is 0 Å². The third-order valence-electron chi connectivity index (χ3n) is 3.93. The molecule has 0 aliphatic heterocycles. The highest BCUT2D eigenvalue weighted by Crippen LogP contribution is 2.32. The van der Waals surface area contributed by atoms with E-state index in [9.17, 15) is 0 Å². The first-order chi connectivity index (χ1) is 12.2. The maximum Gasteiger partial charge on any atom is 0.131 e. The van der Waals surface area contributed by atoms with E-state index in [2.05, 4.69) is 25.3 Å². The van der Waals surface area contributed by atoms with E-state index in [1.807, 2.05) is 36.4 Å². The van der Waals surface area contributed by atoms with E-state index in [-0.39, 0.29) is 0 Å². The van der Waals surface area contributed by atoms with E-state index in [0.29, 0.717) is 29.1 Å². The second-order valence-electron chi connectivity index (χ2n) is 6.01. The number of hydrogen-bond donors (Lipinski definition) is 0. The second kappa shape index (κ2) is 11.5.